The highest BCUT2D eigenvalue weighted by Gasteiger charge is 2.25. The van der Waals surface area contributed by atoms with Crippen molar-refractivity contribution in [1.82, 2.24) is 25.6 Å². The molecule has 146 valence electrons. The van der Waals surface area contributed by atoms with Crippen LogP contribution >= 0.6 is 0 Å². The summed E-state index contributed by atoms with van der Waals surface area (Å²) < 4.78 is 13.9. The Kier molecular flexibility index (Phi) is 5.36. The van der Waals surface area contributed by atoms with Gasteiger partial charge in [0.15, 0.2) is 17.6 Å². The number of benzene rings is 1. The molecule has 7 nitrogen and oxygen atoms in total. The Morgan fingerprint density at radius 3 is 3.04 bits per heavy atom. The highest BCUT2D eigenvalue weighted by Crippen LogP contribution is 2.20. The number of anilines is 1. The number of pyridine rings is 1. The first-order chi connectivity index (χ1) is 13.7. The average molecular weight is 381 g/mol. The highest BCUT2D eigenvalue weighted by molar-refractivity contribution is 5.80. The lowest BCUT2D eigenvalue weighted by atomic mass is 10.3. The third-order valence-corrected chi connectivity index (χ3v) is 4.88. The van der Waals surface area contributed by atoms with Gasteiger partial charge in [-0.2, -0.15) is 0 Å². The summed E-state index contributed by atoms with van der Waals surface area (Å²) >= 11 is 0. The van der Waals surface area contributed by atoms with Crippen molar-refractivity contribution in [2.45, 2.75) is 18.9 Å². The van der Waals surface area contributed by atoms with Crippen molar-refractivity contribution < 1.29 is 4.39 Å². The van der Waals surface area contributed by atoms with Crippen molar-refractivity contribution >= 4 is 22.8 Å². The standard InChI is InChI=1S/C20H24FN7/c1-22-20(24-11-8-18-26-16-6-2-3-7-17(16)27-18)25-14-9-12-28(13-14)19-15(21)5-4-10-23-19/h2-7,10,14H,8-9,11-13H2,1H3,(H,26,27)(H2,22,24,25). The first kappa shape index (κ1) is 18.2. The second-order valence-corrected chi connectivity index (χ2v) is 6.83. The van der Waals surface area contributed by atoms with Gasteiger partial charge in [-0.1, -0.05) is 12.1 Å². The average Bonchev–Trinajstić information content (AvgIpc) is 3.34. The molecule has 0 spiro atoms. The lowest BCUT2D eigenvalue weighted by molar-refractivity contribution is 0.612. The smallest absolute Gasteiger partial charge is 0.191 e. The maximum absolute atomic E-state index is 13.9. The van der Waals surface area contributed by atoms with Crippen LogP contribution < -0.4 is 15.5 Å². The molecule has 1 unspecified atom stereocenters. The zero-order valence-corrected chi connectivity index (χ0v) is 15.8. The molecule has 1 fully saturated rings. The van der Waals surface area contributed by atoms with Gasteiger partial charge in [0.2, 0.25) is 0 Å². The van der Waals surface area contributed by atoms with Crippen molar-refractivity contribution in [3.05, 3.63) is 54.2 Å². The fourth-order valence-electron chi connectivity index (χ4n) is 3.49. The van der Waals surface area contributed by atoms with Crippen LogP contribution in [0.5, 0.6) is 0 Å². The molecule has 1 saturated heterocycles. The van der Waals surface area contributed by atoms with Gasteiger partial charge in [-0.15, -0.1) is 0 Å². The molecule has 1 aromatic carbocycles. The number of nitrogens with zero attached hydrogens (tertiary/aromatic N) is 4. The predicted molar refractivity (Wildman–Crippen MR) is 109 cm³/mol. The van der Waals surface area contributed by atoms with E-state index in [9.17, 15) is 4.39 Å². The summed E-state index contributed by atoms with van der Waals surface area (Å²) in [5.74, 6) is 1.82. The lowest BCUT2D eigenvalue weighted by Gasteiger charge is -2.19. The van der Waals surface area contributed by atoms with E-state index in [-0.39, 0.29) is 11.9 Å². The molecule has 0 bridgehead atoms. The van der Waals surface area contributed by atoms with Crippen LogP contribution in [0.1, 0.15) is 12.2 Å². The summed E-state index contributed by atoms with van der Waals surface area (Å²) in [6.45, 7) is 2.17. The van der Waals surface area contributed by atoms with Crippen LogP contribution in [0.4, 0.5) is 10.2 Å². The Bertz CT molecular complexity index is 935. The van der Waals surface area contributed by atoms with E-state index >= 15 is 0 Å². The molecule has 0 amide bonds. The highest BCUT2D eigenvalue weighted by atomic mass is 19.1. The zero-order chi connectivity index (χ0) is 19.3. The van der Waals surface area contributed by atoms with Crippen LogP contribution in [-0.4, -0.2) is 53.6 Å². The number of hydrogen-bond acceptors (Lipinski definition) is 4. The van der Waals surface area contributed by atoms with Gasteiger partial charge in [0, 0.05) is 45.3 Å². The Morgan fingerprint density at radius 1 is 1.32 bits per heavy atom. The van der Waals surface area contributed by atoms with Gasteiger partial charge in [0.25, 0.3) is 0 Å². The first-order valence-electron chi connectivity index (χ1n) is 9.49. The molecule has 0 radical (unpaired) electrons. The van der Waals surface area contributed by atoms with Gasteiger partial charge >= 0.3 is 0 Å². The summed E-state index contributed by atoms with van der Waals surface area (Å²) in [5, 5.41) is 6.74. The fourth-order valence-corrected chi connectivity index (χ4v) is 3.49. The van der Waals surface area contributed by atoms with Crippen LogP contribution in [0, 0.1) is 5.82 Å². The second kappa shape index (κ2) is 8.24. The normalized spacial score (nSPS) is 17.3. The first-order valence-corrected chi connectivity index (χ1v) is 9.49. The van der Waals surface area contributed by atoms with E-state index in [0.717, 1.165) is 42.2 Å². The van der Waals surface area contributed by atoms with Crippen molar-refractivity contribution in [3.8, 4) is 0 Å². The van der Waals surface area contributed by atoms with Crippen molar-refractivity contribution in [2.24, 2.45) is 4.99 Å². The summed E-state index contributed by atoms with van der Waals surface area (Å²) in [6, 6.07) is 11.3. The Labute approximate surface area is 163 Å². The number of aromatic amines is 1. The van der Waals surface area contributed by atoms with Crippen molar-refractivity contribution in [2.75, 3.05) is 31.6 Å². The third-order valence-electron chi connectivity index (χ3n) is 4.88. The minimum atomic E-state index is -0.281. The molecule has 1 aliphatic rings. The number of rotatable bonds is 5. The van der Waals surface area contributed by atoms with E-state index in [0.29, 0.717) is 18.9 Å². The van der Waals surface area contributed by atoms with Gasteiger partial charge in [0.1, 0.15) is 5.82 Å². The number of H-pyrrole nitrogens is 1. The topological polar surface area (TPSA) is 81.2 Å². The molecular weight excluding hydrogens is 357 g/mol. The Morgan fingerprint density at radius 2 is 2.21 bits per heavy atom. The minimum Gasteiger partial charge on any atom is -0.356 e. The van der Waals surface area contributed by atoms with E-state index in [4.69, 9.17) is 0 Å². The number of guanidine groups is 1. The number of para-hydroxylation sites is 2. The van der Waals surface area contributed by atoms with Gasteiger partial charge in [-0.3, -0.25) is 4.99 Å². The third kappa shape index (κ3) is 4.05. The molecule has 8 heteroatoms. The van der Waals surface area contributed by atoms with E-state index in [1.807, 2.05) is 29.2 Å². The van der Waals surface area contributed by atoms with E-state index in [2.05, 4.69) is 30.6 Å². The Hall–Kier alpha value is -3.16. The summed E-state index contributed by atoms with van der Waals surface area (Å²) in [7, 11) is 1.75. The number of nitrogens with one attached hydrogen (secondary N) is 3. The molecule has 4 rings (SSSR count). The number of hydrogen-bond donors (Lipinski definition) is 3. The van der Waals surface area contributed by atoms with Crippen LogP contribution in [-0.2, 0) is 6.42 Å². The largest absolute Gasteiger partial charge is 0.356 e. The second-order valence-electron chi connectivity index (χ2n) is 6.83. The van der Waals surface area contributed by atoms with Crippen LogP contribution in [0.2, 0.25) is 0 Å². The predicted octanol–water partition coefficient (Wildman–Crippen LogP) is 2.08. The molecule has 3 N–H and O–H groups in total. The molecule has 3 heterocycles. The van der Waals surface area contributed by atoms with Gasteiger partial charge < -0.3 is 20.5 Å². The molecule has 0 saturated carbocycles. The van der Waals surface area contributed by atoms with E-state index in [1.54, 1.807) is 19.3 Å². The van der Waals surface area contributed by atoms with E-state index < -0.39 is 0 Å². The number of fused-ring (bicyclic) bond motifs is 1. The maximum atomic E-state index is 13.9. The van der Waals surface area contributed by atoms with E-state index in [1.165, 1.54) is 6.07 Å². The molecule has 0 aliphatic carbocycles. The lowest BCUT2D eigenvalue weighted by Crippen LogP contribution is -2.45. The monoisotopic (exact) mass is 381 g/mol. The van der Waals surface area contributed by atoms with Gasteiger partial charge in [-0.25, -0.2) is 14.4 Å². The number of aromatic nitrogens is 3. The molecule has 3 aromatic rings. The maximum Gasteiger partial charge on any atom is 0.191 e. The van der Waals surface area contributed by atoms with Crippen LogP contribution in [0.25, 0.3) is 11.0 Å². The molecular formula is C20H24FN7. The zero-order valence-electron chi connectivity index (χ0n) is 15.8. The SMILES string of the molecule is CN=C(NCCc1nc2ccccc2[nH]1)NC1CCN(c2ncccc2F)C1. The van der Waals surface area contributed by atoms with Gasteiger partial charge in [0.05, 0.1) is 11.0 Å². The summed E-state index contributed by atoms with van der Waals surface area (Å²) in [6.07, 6.45) is 3.29. The van der Waals surface area contributed by atoms with Crippen LogP contribution in [0.15, 0.2) is 47.6 Å². The van der Waals surface area contributed by atoms with Crippen LogP contribution in [0.3, 0.4) is 0 Å². The fraction of sp³-hybridized carbons (Fsp3) is 0.350. The van der Waals surface area contributed by atoms with Crippen molar-refractivity contribution in [1.29, 1.82) is 0 Å². The van der Waals surface area contributed by atoms with Crippen molar-refractivity contribution in [3.63, 3.8) is 0 Å². The summed E-state index contributed by atoms with van der Waals surface area (Å²) in [5.41, 5.74) is 2.03. The van der Waals surface area contributed by atoms with Gasteiger partial charge in [-0.05, 0) is 30.7 Å². The molecule has 1 atom stereocenters. The molecule has 2 aromatic heterocycles. The molecule has 1 aliphatic heterocycles. The number of imidazole rings is 1. The number of aliphatic imine (C=N–C) groups is 1. The number of halogens is 1. The summed E-state index contributed by atoms with van der Waals surface area (Å²) in [4.78, 5) is 18.3. The Balaban J connectivity index is 1.27. The quantitative estimate of drug-likeness (QED) is 0.466. The minimum absolute atomic E-state index is 0.193. The molecule has 28 heavy (non-hydrogen) atoms.